The van der Waals surface area contributed by atoms with Crippen molar-refractivity contribution in [1.82, 2.24) is 5.32 Å². The third-order valence-electron chi connectivity index (χ3n) is 9.44. The molecule has 0 aromatic heterocycles. The average molecular weight is 722 g/mol. The van der Waals surface area contributed by atoms with E-state index in [4.69, 9.17) is 18.9 Å². The number of aliphatic hydroxyl groups is 8. The Labute approximate surface area is 297 Å². The summed E-state index contributed by atoms with van der Waals surface area (Å²) in [5.41, 5.74) is 0. The maximum Gasteiger partial charge on any atom is 0.220 e. The number of nitrogens with one attached hydrogen (secondary N) is 1. The minimum atomic E-state index is -1.78. The maximum absolute atomic E-state index is 12.4. The van der Waals surface area contributed by atoms with E-state index in [1.165, 1.54) is 70.6 Å². The third-order valence-corrected chi connectivity index (χ3v) is 9.44. The molecule has 0 radical (unpaired) electrons. The van der Waals surface area contributed by atoms with E-state index >= 15 is 0 Å². The molecule has 294 valence electrons. The molecule has 0 aromatic carbocycles. The number of ether oxygens (including phenoxy) is 4. The number of unbranched alkanes of at least 4 members (excludes halogenated alkanes) is 13. The molecule has 14 nitrogen and oxygen atoms in total. The Bertz CT molecular complexity index is 909. The Hall–Kier alpha value is -1.27. The van der Waals surface area contributed by atoms with Crippen molar-refractivity contribution in [2.24, 2.45) is 0 Å². The van der Waals surface area contributed by atoms with Crippen molar-refractivity contribution in [3.05, 3.63) is 12.2 Å². The monoisotopic (exact) mass is 721 g/mol. The SMILES string of the molecule is CCCCCCCCCCCCCCC/C=C/C(O)C(COC1OC(CO)C(OC2OC(CO)C(O)C(O)C2O)C(O)C1O)NC(=O)CCC. The summed E-state index contributed by atoms with van der Waals surface area (Å²) < 4.78 is 22.3. The second kappa shape index (κ2) is 25.7. The van der Waals surface area contributed by atoms with E-state index in [0.717, 1.165) is 19.3 Å². The Morgan fingerprint density at radius 1 is 0.700 bits per heavy atom. The van der Waals surface area contributed by atoms with Crippen LogP contribution in [-0.4, -0.2) is 140 Å². The van der Waals surface area contributed by atoms with Gasteiger partial charge in [-0.05, 0) is 19.3 Å². The molecular weight excluding hydrogens is 654 g/mol. The average Bonchev–Trinajstić information content (AvgIpc) is 3.10. The van der Waals surface area contributed by atoms with Crippen LogP contribution >= 0.6 is 0 Å². The fraction of sp³-hybridized carbons (Fsp3) is 0.917. The molecule has 0 spiro atoms. The molecule has 0 aliphatic carbocycles. The van der Waals surface area contributed by atoms with Gasteiger partial charge >= 0.3 is 0 Å². The molecule has 50 heavy (non-hydrogen) atoms. The molecule has 14 heteroatoms. The van der Waals surface area contributed by atoms with Gasteiger partial charge in [-0.1, -0.05) is 103 Å². The predicted octanol–water partition coefficient (Wildman–Crippen LogP) is 1.31. The van der Waals surface area contributed by atoms with Crippen LogP contribution < -0.4 is 5.32 Å². The molecule has 1 amide bonds. The highest BCUT2D eigenvalue weighted by Crippen LogP contribution is 2.29. The van der Waals surface area contributed by atoms with Crippen LogP contribution in [0.2, 0.25) is 0 Å². The molecule has 9 N–H and O–H groups in total. The highest BCUT2D eigenvalue weighted by molar-refractivity contribution is 5.76. The number of carbonyl (C=O) groups excluding carboxylic acids is 1. The lowest BCUT2D eigenvalue weighted by molar-refractivity contribution is -0.359. The topological polar surface area (TPSA) is 228 Å². The van der Waals surface area contributed by atoms with Crippen LogP contribution in [0.4, 0.5) is 0 Å². The summed E-state index contributed by atoms with van der Waals surface area (Å²) in [5, 5.41) is 85.2. The zero-order valence-corrected chi connectivity index (χ0v) is 30.1. The third kappa shape index (κ3) is 15.4. The molecular formula is C36H67NO13. The van der Waals surface area contributed by atoms with Gasteiger partial charge < -0.3 is 65.1 Å². The Kier molecular flexibility index (Phi) is 23.0. The van der Waals surface area contributed by atoms with E-state index in [9.17, 15) is 45.6 Å². The zero-order chi connectivity index (χ0) is 36.9. The van der Waals surface area contributed by atoms with Crippen LogP contribution in [-0.2, 0) is 23.7 Å². The van der Waals surface area contributed by atoms with Crippen LogP contribution in [0.3, 0.4) is 0 Å². The number of hydrogen-bond donors (Lipinski definition) is 9. The zero-order valence-electron chi connectivity index (χ0n) is 30.1. The second-order valence-corrected chi connectivity index (χ2v) is 13.7. The normalized spacial score (nSPS) is 31.6. The molecule has 2 heterocycles. The molecule has 2 aliphatic heterocycles. The van der Waals surface area contributed by atoms with Crippen molar-refractivity contribution < 1.29 is 64.6 Å². The van der Waals surface area contributed by atoms with Gasteiger partial charge in [0.05, 0.1) is 32.0 Å². The maximum atomic E-state index is 12.4. The van der Waals surface area contributed by atoms with Crippen LogP contribution in [0, 0.1) is 0 Å². The predicted molar refractivity (Wildman–Crippen MR) is 185 cm³/mol. The highest BCUT2D eigenvalue weighted by atomic mass is 16.7. The number of carbonyl (C=O) groups is 1. The summed E-state index contributed by atoms with van der Waals surface area (Å²) in [5.74, 6) is -0.295. The minimum Gasteiger partial charge on any atom is -0.394 e. The first-order chi connectivity index (χ1) is 24.1. The fourth-order valence-corrected chi connectivity index (χ4v) is 6.27. The van der Waals surface area contributed by atoms with Crippen molar-refractivity contribution >= 4 is 5.91 Å². The van der Waals surface area contributed by atoms with E-state index in [2.05, 4.69) is 12.2 Å². The number of aliphatic hydroxyl groups excluding tert-OH is 8. The van der Waals surface area contributed by atoms with Crippen LogP contribution in [0.1, 0.15) is 117 Å². The van der Waals surface area contributed by atoms with Crippen molar-refractivity contribution in [2.75, 3.05) is 19.8 Å². The van der Waals surface area contributed by atoms with E-state index < -0.39 is 86.8 Å². The molecule has 2 saturated heterocycles. The lowest BCUT2D eigenvalue weighted by atomic mass is 9.97. The lowest BCUT2D eigenvalue weighted by Crippen LogP contribution is -2.65. The lowest BCUT2D eigenvalue weighted by Gasteiger charge is -2.46. The summed E-state index contributed by atoms with van der Waals surface area (Å²) >= 11 is 0. The van der Waals surface area contributed by atoms with Gasteiger partial charge in [0.2, 0.25) is 5.91 Å². The van der Waals surface area contributed by atoms with Crippen molar-refractivity contribution in [3.8, 4) is 0 Å². The molecule has 2 aliphatic rings. The van der Waals surface area contributed by atoms with Gasteiger partial charge in [-0.15, -0.1) is 0 Å². The summed E-state index contributed by atoms with van der Waals surface area (Å²) in [4.78, 5) is 12.4. The van der Waals surface area contributed by atoms with Crippen molar-refractivity contribution in [1.29, 1.82) is 0 Å². The van der Waals surface area contributed by atoms with Gasteiger partial charge in [-0.2, -0.15) is 0 Å². The number of allylic oxidation sites excluding steroid dienone is 1. The first kappa shape index (κ1) is 44.9. The fourth-order valence-electron chi connectivity index (χ4n) is 6.27. The molecule has 0 bridgehead atoms. The molecule has 12 atom stereocenters. The van der Waals surface area contributed by atoms with E-state index in [1.807, 2.05) is 13.0 Å². The van der Waals surface area contributed by atoms with Gasteiger partial charge in [0.15, 0.2) is 12.6 Å². The van der Waals surface area contributed by atoms with Crippen molar-refractivity contribution in [3.63, 3.8) is 0 Å². The second-order valence-electron chi connectivity index (χ2n) is 13.7. The Morgan fingerprint density at radius 2 is 1.24 bits per heavy atom. The van der Waals surface area contributed by atoms with Gasteiger partial charge in [0, 0.05) is 6.42 Å². The van der Waals surface area contributed by atoms with Crippen LogP contribution in [0.5, 0.6) is 0 Å². The highest BCUT2D eigenvalue weighted by Gasteiger charge is 2.50. The first-order valence-corrected chi connectivity index (χ1v) is 18.9. The van der Waals surface area contributed by atoms with Gasteiger partial charge in [0.25, 0.3) is 0 Å². The van der Waals surface area contributed by atoms with Crippen LogP contribution in [0.25, 0.3) is 0 Å². The Balaban J connectivity index is 1.83. The van der Waals surface area contributed by atoms with Gasteiger partial charge in [-0.25, -0.2) is 0 Å². The smallest absolute Gasteiger partial charge is 0.220 e. The summed E-state index contributed by atoms with van der Waals surface area (Å²) in [6, 6.07) is -0.902. The Morgan fingerprint density at radius 3 is 1.80 bits per heavy atom. The molecule has 12 unspecified atom stereocenters. The minimum absolute atomic E-state index is 0.233. The molecule has 2 rings (SSSR count). The standard InChI is InChI=1S/C36H67NO13/c1-3-5-6-7-8-9-10-11-12-13-14-15-16-17-18-20-25(40)24(37-28(41)19-4-2)23-47-35-33(46)31(44)34(27(22-39)49-35)50-36-32(45)30(43)29(42)26(21-38)48-36/h18,20,24-27,29-36,38-40,42-46H,3-17,19,21-23H2,1-2H3,(H,37,41)/b20-18+. The van der Waals surface area contributed by atoms with Crippen LogP contribution in [0.15, 0.2) is 12.2 Å². The number of rotatable bonds is 26. The largest absolute Gasteiger partial charge is 0.394 e. The molecule has 0 aromatic rings. The summed E-state index contributed by atoms with van der Waals surface area (Å²) in [6.45, 7) is 2.37. The van der Waals surface area contributed by atoms with Gasteiger partial charge in [-0.3, -0.25) is 4.79 Å². The van der Waals surface area contributed by atoms with E-state index in [1.54, 1.807) is 6.08 Å². The first-order valence-electron chi connectivity index (χ1n) is 18.9. The summed E-state index contributed by atoms with van der Waals surface area (Å²) in [6.07, 6.45) is 4.56. The van der Waals surface area contributed by atoms with E-state index in [0.29, 0.717) is 6.42 Å². The number of hydrogen-bond acceptors (Lipinski definition) is 13. The van der Waals surface area contributed by atoms with Gasteiger partial charge in [0.1, 0.15) is 48.8 Å². The van der Waals surface area contributed by atoms with E-state index in [-0.39, 0.29) is 18.9 Å². The van der Waals surface area contributed by atoms with Crippen molar-refractivity contribution in [2.45, 2.75) is 190 Å². The molecule has 2 fully saturated rings. The molecule has 0 saturated carbocycles. The number of amides is 1. The summed E-state index contributed by atoms with van der Waals surface area (Å²) in [7, 11) is 0. The quantitative estimate of drug-likeness (QED) is 0.0454.